The van der Waals surface area contributed by atoms with E-state index in [4.69, 9.17) is 5.11 Å². The molecule has 30 heavy (non-hydrogen) atoms. The molecule has 0 saturated carbocycles. The van der Waals surface area contributed by atoms with Gasteiger partial charge in [-0.2, -0.15) is 0 Å². The molecule has 4 aromatic rings. The lowest BCUT2D eigenvalue weighted by molar-refractivity contribution is 0.0697. The van der Waals surface area contributed by atoms with Crippen LogP contribution in [0.1, 0.15) is 27.0 Å². The molecule has 0 aliphatic carbocycles. The Morgan fingerprint density at radius 2 is 1.90 bits per heavy atom. The summed E-state index contributed by atoms with van der Waals surface area (Å²) in [7, 11) is 0. The first-order valence-corrected chi connectivity index (χ1v) is 9.29. The molecule has 2 aromatic carbocycles. The summed E-state index contributed by atoms with van der Waals surface area (Å²) in [6, 6.07) is 15.7. The third kappa shape index (κ3) is 4.26. The minimum atomic E-state index is -0.983. The van der Waals surface area contributed by atoms with Gasteiger partial charge in [-0.25, -0.2) is 9.78 Å². The van der Waals surface area contributed by atoms with Gasteiger partial charge in [-0.1, -0.05) is 30.0 Å². The number of carboxylic acid groups (broad SMARTS) is 1. The van der Waals surface area contributed by atoms with Crippen LogP contribution in [0.3, 0.4) is 0 Å². The summed E-state index contributed by atoms with van der Waals surface area (Å²) >= 11 is 0. The quantitative estimate of drug-likeness (QED) is 0.537. The van der Waals surface area contributed by atoms with E-state index >= 15 is 0 Å². The van der Waals surface area contributed by atoms with Crippen molar-refractivity contribution >= 4 is 16.9 Å². The maximum atomic E-state index is 12.9. The molecule has 0 aliphatic rings. The summed E-state index contributed by atoms with van der Waals surface area (Å²) in [5, 5.41) is 9.49. The third-order valence-electron chi connectivity index (χ3n) is 4.63. The normalized spacial score (nSPS) is 10.4. The van der Waals surface area contributed by atoms with Crippen LogP contribution in [-0.2, 0) is 13.0 Å². The summed E-state index contributed by atoms with van der Waals surface area (Å²) in [5.74, 6) is 5.21. The van der Waals surface area contributed by atoms with E-state index in [2.05, 4.69) is 21.8 Å². The molecule has 0 atom stereocenters. The molecule has 0 saturated heterocycles. The Kier molecular flexibility index (Phi) is 5.35. The largest absolute Gasteiger partial charge is 0.478 e. The molecule has 0 aliphatic heterocycles. The van der Waals surface area contributed by atoms with Crippen molar-refractivity contribution in [3.05, 3.63) is 106 Å². The second-order valence-electron chi connectivity index (χ2n) is 6.75. The fourth-order valence-corrected chi connectivity index (χ4v) is 3.05. The highest BCUT2D eigenvalue weighted by atomic mass is 16.4. The van der Waals surface area contributed by atoms with Gasteiger partial charge in [0.2, 0.25) is 0 Å². The molecule has 6 nitrogen and oxygen atoms in total. The molecule has 0 unspecified atom stereocenters. The third-order valence-corrected chi connectivity index (χ3v) is 4.63. The lowest BCUT2D eigenvalue weighted by atomic mass is 10.1. The summed E-state index contributed by atoms with van der Waals surface area (Å²) in [5.41, 5.74) is 3.24. The molecule has 2 aromatic heterocycles. The van der Waals surface area contributed by atoms with E-state index < -0.39 is 5.97 Å². The molecular formula is C24H17N3O3. The van der Waals surface area contributed by atoms with Crippen LogP contribution in [0, 0.1) is 11.8 Å². The number of fused-ring (bicyclic) bond motifs is 1. The first-order valence-electron chi connectivity index (χ1n) is 9.29. The zero-order valence-corrected chi connectivity index (χ0v) is 15.9. The number of carboxylic acids is 1. The molecule has 0 spiro atoms. The van der Waals surface area contributed by atoms with Crippen molar-refractivity contribution in [2.45, 2.75) is 13.0 Å². The van der Waals surface area contributed by atoms with Crippen LogP contribution in [0.5, 0.6) is 0 Å². The van der Waals surface area contributed by atoms with E-state index in [1.165, 1.54) is 23.0 Å². The van der Waals surface area contributed by atoms with Crippen LogP contribution in [-0.4, -0.2) is 25.6 Å². The van der Waals surface area contributed by atoms with Gasteiger partial charge in [0.15, 0.2) is 0 Å². The van der Waals surface area contributed by atoms with Crippen LogP contribution in [0.25, 0.3) is 10.9 Å². The molecule has 146 valence electrons. The fraction of sp³-hybridized carbons (Fsp3) is 0.0833. The highest BCUT2D eigenvalue weighted by Gasteiger charge is 2.07. The predicted molar refractivity (Wildman–Crippen MR) is 113 cm³/mol. The smallest absolute Gasteiger partial charge is 0.335 e. The molecule has 0 fully saturated rings. The molecule has 0 bridgehead atoms. The zero-order chi connectivity index (χ0) is 20.9. The van der Waals surface area contributed by atoms with Gasteiger partial charge in [0.1, 0.15) is 0 Å². The lowest BCUT2D eigenvalue weighted by Crippen LogP contribution is -2.21. The molecular weight excluding hydrogens is 378 g/mol. The van der Waals surface area contributed by atoms with Gasteiger partial charge in [-0.15, -0.1) is 0 Å². The van der Waals surface area contributed by atoms with Crippen molar-refractivity contribution in [1.29, 1.82) is 0 Å². The van der Waals surface area contributed by atoms with E-state index in [0.717, 1.165) is 16.7 Å². The number of aromatic nitrogens is 3. The van der Waals surface area contributed by atoms with Crippen LogP contribution >= 0.6 is 0 Å². The number of hydrogen-bond donors (Lipinski definition) is 1. The number of aromatic carboxylic acids is 1. The summed E-state index contributed by atoms with van der Waals surface area (Å²) < 4.78 is 1.50. The second kappa shape index (κ2) is 8.41. The molecule has 0 radical (unpaired) electrons. The minimum Gasteiger partial charge on any atom is -0.478 e. The number of carbonyl (C=O) groups is 1. The van der Waals surface area contributed by atoms with Crippen LogP contribution < -0.4 is 5.56 Å². The van der Waals surface area contributed by atoms with Gasteiger partial charge in [-0.05, 0) is 47.5 Å². The molecule has 6 heteroatoms. The van der Waals surface area contributed by atoms with E-state index in [1.807, 2.05) is 18.2 Å². The van der Waals surface area contributed by atoms with E-state index in [-0.39, 0.29) is 11.1 Å². The highest BCUT2D eigenvalue weighted by Crippen LogP contribution is 2.11. The zero-order valence-electron chi connectivity index (χ0n) is 15.9. The number of benzene rings is 2. The summed E-state index contributed by atoms with van der Waals surface area (Å²) in [4.78, 5) is 32.3. The topological polar surface area (TPSA) is 85.1 Å². The highest BCUT2D eigenvalue weighted by molar-refractivity contribution is 5.87. The summed E-state index contributed by atoms with van der Waals surface area (Å²) in [6.45, 7) is 0.304. The Hall–Kier alpha value is -4.24. The molecule has 0 amide bonds. The second-order valence-corrected chi connectivity index (χ2v) is 6.75. The first kappa shape index (κ1) is 19.1. The molecule has 2 heterocycles. The van der Waals surface area contributed by atoms with Gasteiger partial charge in [-0.3, -0.25) is 14.3 Å². The lowest BCUT2D eigenvalue weighted by Gasteiger charge is -2.07. The minimum absolute atomic E-state index is 0.168. The Bertz CT molecular complexity index is 1330. The monoisotopic (exact) mass is 395 g/mol. The van der Waals surface area contributed by atoms with Gasteiger partial charge in [0, 0.05) is 24.4 Å². The maximum absolute atomic E-state index is 12.9. The van der Waals surface area contributed by atoms with Crippen molar-refractivity contribution < 1.29 is 9.90 Å². The molecule has 1 N–H and O–H groups in total. The SMILES string of the molecule is O=C(O)c1ccc(Cn2cnc3ccc(C#CCc4cccnc4)cc3c2=O)cc1. The van der Waals surface area contributed by atoms with Crippen molar-refractivity contribution in [1.82, 2.24) is 14.5 Å². The number of nitrogens with zero attached hydrogens (tertiary/aromatic N) is 3. The van der Waals surface area contributed by atoms with E-state index in [9.17, 15) is 9.59 Å². The maximum Gasteiger partial charge on any atom is 0.335 e. The van der Waals surface area contributed by atoms with Crippen molar-refractivity contribution in [3.63, 3.8) is 0 Å². The van der Waals surface area contributed by atoms with Gasteiger partial charge < -0.3 is 5.11 Å². The average Bonchev–Trinajstić information content (AvgIpc) is 2.77. The predicted octanol–water partition coefficient (Wildman–Crippen LogP) is 3.13. The summed E-state index contributed by atoms with van der Waals surface area (Å²) in [6.07, 6.45) is 5.58. The van der Waals surface area contributed by atoms with Crippen molar-refractivity contribution in [2.24, 2.45) is 0 Å². The van der Waals surface area contributed by atoms with E-state index in [1.54, 1.807) is 36.7 Å². The van der Waals surface area contributed by atoms with Gasteiger partial charge >= 0.3 is 5.97 Å². The van der Waals surface area contributed by atoms with Crippen molar-refractivity contribution in [2.75, 3.05) is 0 Å². The standard InChI is InChI=1S/C24H17N3O3/c28-23-21-13-17(3-1-4-18-5-2-12-25-14-18)8-11-22(21)26-16-27(23)15-19-6-9-20(10-7-19)24(29)30/h2,5-14,16H,4,15H2,(H,29,30). The van der Waals surface area contributed by atoms with Gasteiger partial charge in [0.05, 0.1) is 29.3 Å². The van der Waals surface area contributed by atoms with Gasteiger partial charge in [0.25, 0.3) is 5.56 Å². The Morgan fingerprint density at radius 1 is 1.07 bits per heavy atom. The number of hydrogen-bond acceptors (Lipinski definition) is 4. The number of rotatable bonds is 4. The average molecular weight is 395 g/mol. The van der Waals surface area contributed by atoms with Crippen molar-refractivity contribution in [3.8, 4) is 11.8 Å². The Balaban J connectivity index is 1.60. The number of pyridine rings is 1. The Labute approximate surface area is 172 Å². The fourth-order valence-electron chi connectivity index (χ4n) is 3.05. The van der Waals surface area contributed by atoms with E-state index in [0.29, 0.717) is 23.9 Å². The van der Waals surface area contributed by atoms with Crippen LogP contribution in [0.4, 0.5) is 0 Å². The van der Waals surface area contributed by atoms with Crippen LogP contribution in [0.2, 0.25) is 0 Å². The molecule has 4 rings (SSSR count). The Morgan fingerprint density at radius 3 is 2.63 bits per heavy atom. The van der Waals surface area contributed by atoms with Crippen LogP contribution in [0.15, 0.2) is 78.1 Å². The first-order chi connectivity index (χ1) is 14.6.